The first-order chi connectivity index (χ1) is 12.2. The van der Waals surface area contributed by atoms with E-state index in [0.717, 1.165) is 0 Å². The predicted molar refractivity (Wildman–Crippen MR) is 101 cm³/mol. The van der Waals surface area contributed by atoms with Crippen LogP contribution in [0.1, 0.15) is 39.2 Å². The lowest BCUT2D eigenvalue weighted by molar-refractivity contribution is 0.0202. The molecule has 1 aromatic carbocycles. The lowest BCUT2D eigenvalue weighted by atomic mass is 9.92. The summed E-state index contributed by atoms with van der Waals surface area (Å²) in [4.78, 5) is 18.1. The topological polar surface area (TPSA) is 65.8 Å². The number of carbonyl (C=O) groups excluding carboxylic acids is 1. The number of halogens is 1. The molecule has 0 unspecified atom stereocenters. The molecule has 6 heteroatoms. The Morgan fingerprint density at radius 3 is 2.50 bits per heavy atom. The van der Waals surface area contributed by atoms with Gasteiger partial charge in [-0.15, -0.1) is 0 Å². The Labute approximate surface area is 154 Å². The molecule has 1 fully saturated rings. The van der Waals surface area contributed by atoms with Crippen LogP contribution in [0.4, 0.5) is 9.18 Å². The number of piperidine rings is 1. The lowest BCUT2D eigenvalue weighted by Crippen LogP contribution is -2.42. The molecule has 1 aliphatic rings. The summed E-state index contributed by atoms with van der Waals surface area (Å²) in [7, 11) is 0. The van der Waals surface area contributed by atoms with Crippen LogP contribution in [0.15, 0.2) is 41.9 Å². The van der Waals surface area contributed by atoms with Gasteiger partial charge in [0.2, 0.25) is 0 Å². The van der Waals surface area contributed by atoms with E-state index in [2.05, 4.69) is 11.6 Å². The second kappa shape index (κ2) is 8.25. The fraction of sp³-hybridized carbons (Fsp3) is 0.450. The molecule has 0 spiro atoms. The molecule has 0 radical (unpaired) electrons. The first kappa shape index (κ1) is 19.8. The number of likely N-dealkylation sites (tertiary alicyclic amines) is 1. The zero-order valence-corrected chi connectivity index (χ0v) is 15.6. The van der Waals surface area contributed by atoms with Gasteiger partial charge in [-0.25, -0.2) is 14.2 Å². The van der Waals surface area contributed by atoms with Crippen LogP contribution in [0.3, 0.4) is 0 Å². The minimum Gasteiger partial charge on any atom is -0.444 e. The Morgan fingerprint density at radius 2 is 1.96 bits per heavy atom. The largest absolute Gasteiger partial charge is 0.444 e. The maximum absolute atomic E-state index is 13.8. The van der Waals surface area contributed by atoms with Crippen molar-refractivity contribution in [1.82, 2.24) is 4.90 Å². The van der Waals surface area contributed by atoms with Crippen LogP contribution in [0, 0.1) is 17.1 Å². The number of nitrogens with zero attached hydrogens (tertiary/aromatic N) is 2. The number of nitrogens with one attached hydrogen (secondary N) is 1. The van der Waals surface area contributed by atoms with Crippen molar-refractivity contribution in [3.8, 4) is 0 Å². The Kier molecular flexibility index (Phi) is 6.29. The number of allylic oxidation sites excluding steroid dienone is 1. The highest BCUT2D eigenvalue weighted by Crippen LogP contribution is 2.22. The molecule has 1 aliphatic heterocycles. The van der Waals surface area contributed by atoms with Gasteiger partial charge in [0.15, 0.2) is 5.84 Å². The molecule has 1 heterocycles. The van der Waals surface area contributed by atoms with E-state index in [4.69, 9.17) is 10.1 Å². The fourth-order valence-corrected chi connectivity index (χ4v) is 2.83. The molecule has 0 aliphatic carbocycles. The van der Waals surface area contributed by atoms with Crippen LogP contribution in [0.2, 0.25) is 0 Å². The van der Waals surface area contributed by atoms with Crippen LogP contribution < -0.4 is 0 Å². The van der Waals surface area contributed by atoms with Crippen molar-refractivity contribution < 1.29 is 13.9 Å². The predicted octanol–water partition coefficient (Wildman–Crippen LogP) is 4.43. The number of benzene rings is 1. The zero-order chi connectivity index (χ0) is 19.3. The van der Waals surface area contributed by atoms with E-state index in [-0.39, 0.29) is 23.4 Å². The van der Waals surface area contributed by atoms with E-state index in [1.807, 2.05) is 20.8 Å². The van der Waals surface area contributed by atoms with Crippen LogP contribution in [-0.2, 0) is 4.74 Å². The number of hydrogen-bond donors (Lipinski definition) is 1. The smallest absolute Gasteiger partial charge is 0.410 e. The highest BCUT2D eigenvalue weighted by molar-refractivity contribution is 6.09. The normalized spacial score (nSPS) is 16.3. The van der Waals surface area contributed by atoms with E-state index in [9.17, 15) is 9.18 Å². The number of carbonyl (C=O) groups is 1. The van der Waals surface area contributed by atoms with E-state index in [1.54, 1.807) is 23.1 Å². The monoisotopic (exact) mass is 359 g/mol. The minimum atomic E-state index is -0.517. The van der Waals surface area contributed by atoms with Crippen LogP contribution >= 0.6 is 0 Å². The molecule has 1 N–H and O–H groups in total. The van der Waals surface area contributed by atoms with Gasteiger partial charge in [-0.2, -0.15) is 0 Å². The summed E-state index contributed by atoms with van der Waals surface area (Å²) in [5.41, 5.74) is 0.302. The van der Waals surface area contributed by atoms with Gasteiger partial charge < -0.3 is 9.64 Å². The second-order valence-corrected chi connectivity index (χ2v) is 7.31. The molecule has 0 bridgehead atoms. The van der Waals surface area contributed by atoms with Gasteiger partial charge in [0.05, 0.1) is 5.56 Å². The third-order valence-corrected chi connectivity index (χ3v) is 4.14. The van der Waals surface area contributed by atoms with E-state index < -0.39 is 11.4 Å². The summed E-state index contributed by atoms with van der Waals surface area (Å²) in [6.07, 6.45) is 2.71. The highest BCUT2D eigenvalue weighted by atomic mass is 19.1. The Balaban J connectivity index is 2.02. The summed E-state index contributed by atoms with van der Waals surface area (Å²) in [6.45, 7) is 10.4. The summed E-state index contributed by atoms with van der Waals surface area (Å²) >= 11 is 0. The number of amides is 1. The molecule has 2 rings (SSSR count). The Morgan fingerprint density at radius 1 is 1.35 bits per heavy atom. The third-order valence-electron chi connectivity index (χ3n) is 4.14. The van der Waals surface area contributed by atoms with E-state index in [1.165, 1.54) is 12.1 Å². The van der Waals surface area contributed by atoms with Gasteiger partial charge in [0.25, 0.3) is 0 Å². The molecule has 26 heavy (non-hydrogen) atoms. The van der Waals surface area contributed by atoms with Gasteiger partial charge in [-0.3, -0.25) is 5.41 Å². The van der Waals surface area contributed by atoms with Crippen molar-refractivity contribution in [2.24, 2.45) is 10.9 Å². The summed E-state index contributed by atoms with van der Waals surface area (Å²) in [5, 5.41) is 8.07. The van der Waals surface area contributed by atoms with Crippen LogP contribution in [0.25, 0.3) is 0 Å². The molecule has 1 amide bonds. The van der Waals surface area contributed by atoms with Crippen molar-refractivity contribution in [1.29, 1.82) is 5.41 Å². The first-order valence-electron chi connectivity index (χ1n) is 8.73. The summed E-state index contributed by atoms with van der Waals surface area (Å²) in [6, 6.07) is 6.10. The molecule has 5 nitrogen and oxygen atoms in total. The van der Waals surface area contributed by atoms with Crippen molar-refractivity contribution in [3.63, 3.8) is 0 Å². The maximum Gasteiger partial charge on any atom is 0.410 e. The minimum absolute atomic E-state index is 0.0818. The molecule has 0 aromatic heterocycles. The number of aliphatic imine (C=N–C) groups is 1. The van der Waals surface area contributed by atoms with Crippen LogP contribution in [0.5, 0.6) is 0 Å². The zero-order valence-electron chi connectivity index (χ0n) is 15.6. The van der Waals surface area contributed by atoms with Gasteiger partial charge in [-0.1, -0.05) is 18.7 Å². The molecule has 1 aromatic rings. The average Bonchev–Trinajstić information content (AvgIpc) is 2.58. The van der Waals surface area contributed by atoms with Gasteiger partial charge in [0.1, 0.15) is 11.4 Å². The van der Waals surface area contributed by atoms with Crippen molar-refractivity contribution >= 4 is 17.6 Å². The summed E-state index contributed by atoms with van der Waals surface area (Å²) in [5.74, 6) is -0.504. The number of amidine groups is 1. The Bertz CT molecular complexity index is 714. The van der Waals surface area contributed by atoms with Crippen LogP contribution in [-0.4, -0.2) is 41.2 Å². The quantitative estimate of drug-likeness (QED) is 0.641. The molecular weight excluding hydrogens is 333 g/mol. The molecule has 1 saturated heterocycles. The first-order valence-corrected chi connectivity index (χ1v) is 8.73. The third kappa shape index (κ3) is 5.25. The molecule has 0 saturated carbocycles. The molecule has 0 atom stereocenters. The number of rotatable bonds is 3. The highest BCUT2D eigenvalue weighted by Gasteiger charge is 2.28. The molecular formula is C20H26FN3O2. The van der Waals surface area contributed by atoms with Gasteiger partial charge in [0, 0.05) is 24.7 Å². The van der Waals surface area contributed by atoms with Crippen molar-refractivity contribution in [3.05, 3.63) is 48.3 Å². The average molecular weight is 359 g/mol. The van der Waals surface area contributed by atoms with Gasteiger partial charge >= 0.3 is 6.09 Å². The second-order valence-electron chi connectivity index (χ2n) is 7.31. The fourth-order valence-electron chi connectivity index (χ4n) is 2.83. The number of hydrogen-bond acceptors (Lipinski definition) is 3. The van der Waals surface area contributed by atoms with E-state index in [0.29, 0.717) is 31.6 Å². The Hall–Kier alpha value is -2.50. The van der Waals surface area contributed by atoms with Crippen molar-refractivity contribution in [2.75, 3.05) is 13.1 Å². The summed E-state index contributed by atoms with van der Waals surface area (Å²) < 4.78 is 19.2. The van der Waals surface area contributed by atoms with E-state index >= 15 is 0 Å². The van der Waals surface area contributed by atoms with Gasteiger partial charge in [-0.05, 0) is 51.8 Å². The standard InChI is InChI=1S/C20H26FN3O2/c1-5-17(23-18(22)15-8-6-7-9-16(15)21)14-10-12-24(13-11-14)19(25)26-20(2,3)4/h5-9,14,22H,1,10-13H2,2-4H3/b22-18?,23-17+. The lowest BCUT2D eigenvalue weighted by Gasteiger charge is -2.33. The van der Waals surface area contributed by atoms with Crippen molar-refractivity contribution in [2.45, 2.75) is 39.2 Å². The maximum atomic E-state index is 13.8. The SMILES string of the molecule is C=C/C(=N\C(=N)c1ccccc1F)C1CCN(C(=O)OC(C)(C)C)CC1. The number of ether oxygens (including phenoxy) is 1. The molecule has 140 valence electrons.